The Labute approximate surface area is 245 Å². The van der Waals surface area contributed by atoms with Gasteiger partial charge >= 0.3 is 0 Å². The second-order valence-corrected chi connectivity index (χ2v) is 10.7. The number of hydrogen-bond donors (Lipinski definition) is 1. The van der Waals surface area contributed by atoms with E-state index in [9.17, 15) is 5.11 Å². The fraction of sp³-hybridized carbons (Fsp3) is 0.0811. The summed E-state index contributed by atoms with van der Waals surface area (Å²) in [6.07, 6.45) is 1.83. The Morgan fingerprint density at radius 1 is 0.690 bits per heavy atom. The highest BCUT2D eigenvalue weighted by atomic mass is 16.3. The molecular weight excluding hydrogens is 516 g/mol. The van der Waals surface area contributed by atoms with Crippen molar-refractivity contribution in [3.63, 3.8) is 0 Å². The van der Waals surface area contributed by atoms with Crippen LogP contribution in [-0.4, -0.2) is 19.6 Å². The molecule has 5 heteroatoms. The smallest absolute Gasteiger partial charge is 0.146 e. The minimum absolute atomic E-state index is 0.213. The number of pyridine rings is 2. The molecule has 3 aromatic heterocycles. The molecule has 0 fully saturated rings. The van der Waals surface area contributed by atoms with E-state index < -0.39 is 0 Å². The molecule has 0 saturated carbocycles. The minimum atomic E-state index is 0.213. The van der Waals surface area contributed by atoms with Crippen LogP contribution in [0.2, 0.25) is 0 Å². The van der Waals surface area contributed by atoms with E-state index in [-0.39, 0.29) is 5.75 Å². The largest absolute Gasteiger partial charge is 0.506 e. The van der Waals surface area contributed by atoms with Gasteiger partial charge in [-0.3, -0.25) is 9.47 Å². The van der Waals surface area contributed by atoms with Gasteiger partial charge in [0, 0.05) is 33.9 Å². The van der Waals surface area contributed by atoms with Crippen LogP contribution in [0.4, 0.5) is 17.2 Å². The van der Waals surface area contributed by atoms with Crippen LogP contribution in [0.15, 0.2) is 134 Å². The zero-order chi connectivity index (χ0) is 28.6. The van der Waals surface area contributed by atoms with Crippen molar-refractivity contribution in [2.24, 2.45) is 0 Å². The summed E-state index contributed by atoms with van der Waals surface area (Å²) in [4.78, 5) is 12.2. The van der Waals surface area contributed by atoms with Crippen LogP contribution in [0, 0.1) is 0 Å². The van der Waals surface area contributed by atoms with E-state index in [1.807, 2.05) is 72.9 Å². The van der Waals surface area contributed by atoms with Gasteiger partial charge in [0.25, 0.3) is 0 Å². The molecule has 7 aromatic rings. The van der Waals surface area contributed by atoms with Crippen LogP contribution in [0.5, 0.6) is 5.75 Å². The van der Waals surface area contributed by atoms with Crippen molar-refractivity contribution in [2.45, 2.75) is 19.8 Å². The lowest BCUT2D eigenvalue weighted by Gasteiger charge is -2.26. The third kappa shape index (κ3) is 4.45. The molecule has 1 N–H and O–H groups in total. The number of nitrogens with zero attached hydrogens (tertiary/aromatic N) is 4. The maximum atomic E-state index is 10.8. The van der Waals surface area contributed by atoms with Gasteiger partial charge in [0.05, 0.1) is 16.9 Å². The molecule has 7 rings (SSSR count). The number of phenolic OH excluding ortho intramolecular Hbond substituents is 1. The van der Waals surface area contributed by atoms with Crippen molar-refractivity contribution in [3.05, 3.63) is 139 Å². The molecule has 0 amide bonds. The maximum Gasteiger partial charge on any atom is 0.146 e. The van der Waals surface area contributed by atoms with Gasteiger partial charge in [-0.05, 0) is 84.3 Å². The van der Waals surface area contributed by atoms with E-state index in [2.05, 4.69) is 77.9 Å². The number of aromatic nitrogens is 3. The first-order valence-corrected chi connectivity index (χ1v) is 14.2. The van der Waals surface area contributed by atoms with E-state index in [0.29, 0.717) is 11.6 Å². The van der Waals surface area contributed by atoms with Crippen molar-refractivity contribution >= 4 is 39.1 Å². The van der Waals surface area contributed by atoms with E-state index in [4.69, 9.17) is 9.97 Å². The zero-order valence-corrected chi connectivity index (χ0v) is 23.5. The molecule has 0 aliphatic rings. The first-order valence-electron chi connectivity index (χ1n) is 14.2. The summed E-state index contributed by atoms with van der Waals surface area (Å²) < 4.78 is 2.06. The second-order valence-electron chi connectivity index (χ2n) is 10.7. The summed E-state index contributed by atoms with van der Waals surface area (Å²) in [5.74, 6) is 1.37. The van der Waals surface area contributed by atoms with Crippen LogP contribution in [0.3, 0.4) is 0 Å². The van der Waals surface area contributed by atoms with Gasteiger partial charge in [-0.15, -0.1) is 0 Å². The Morgan fingerprint density at radius 2 is 1.45 bits per heavy atom. The number of phenols is 1. The van der Waals surface area contributed by atoms with Crippen LogP contribution >= 0.6 is 0 Å². The highest BCUT2D eigenvalue weighted by molar-refractivity contribution is 6.08. The van der Waals surface area contributed by atoms with Crippen molar-refractivity contribution in [1.82, 2.24) is 14.5 Å². The molecule has 204 valence electrons. The van der Waals surface area contributed by atoms with Crippen molar-refractivity contribution < 1.29 is 5.11 Å². The number of fused-ring (bicyclic) bond motifs is 3. The summed E-state index contributed by atoms with van der Waals surface area (Å²) in [7, 11) is 0. The van der Waals surface area contributed by atoms with Crippen molar-refractivity contribution in [2.75, 3.05) is 4.90 Å². The minimum Gasteiger partial charge on any atom is -0.506 e. The van der Waals surface area contributed by atoms with Crippen molar-refractivity contribution in [3.8, 4) is 22.7 Å². The fourth-order valence-corrected chi connectivity index (χ4v) is 5.62. The van der Waals surface area contributed by atoms with Gasteiger partial charge in [0.15, 0.2) is 0 Å². The monoisotopic (exact) mass is 546 g/mol. The number of rotatable bonds is 6. The third-order valence-electron chi connectivity index (χ3n) is 7.70. The number of anilines is 3. The van der Waals surface area contributed by atoms with Crippen molar-refractivity contribution in [1.29, 1.82) is 0 Å². The first kappa shape index (κ1) is 25.5. The highest BCUT2D eigenvalue weighted by Crippen LogP contribution is 2.39. The third-order valence-corrected chi connectivity index (χ3v) is 7.70. The molecule has 0 saturated heterocycles. The quantitative estimate of drug-likeness (QED) is 0.226. The average molecular weight is 547 g/mol. The normalized spacial score (nSPS) is 11.4. The molecule has 0 atom stereocenters. The molecule has 42 heavy (non-hydrogen) atoms. The predicted octanol–water partition coefficient (Wildman–Crippen LogP) is 9.54. The van der Waals surface area contributed by atoms with Gasteiger partial charge in [-0.2, -0.15) is 0 Å². The fourth-order valence-electron chi connectivity index (χ4n) is 5.62. The molecule has 4 aromatic carbocycles. The van der Waals surface area contributed by atoms with Gasteiger partial charge < -0.3 is 5.11 Å². The lowest BCUT2D eigenvalue weighted by atomic mass is 9.97. The molecule has 5 nitrogen and oxygen atoms in total. The Kier molecular flexibility index (Phi) is 6.40. The topological polar surface area (TPSA) is 54.2 Å². The highest BCUT2D eigenvalue weighted by Gasteiger charge is 2.19. The Bertz CT molecular complexity index is 1990. The van der Waals surface area contributed by atoms with Gasteiger partial charge in [0.2, 0.25) is 0 Å². The molecule has 0 radical (unpaired) electrons. The zero-order valence-electron chi connectivity index (χ0n) is 23.5. The lowest BCUT2D eigenvalue weighted by Crippen LogP contribution is -2.12. The van der Waals surface area contributed by atoms with Crippen LogP contribution in [0.1, 0.15) is 25.3 Å². The molecule has 0 spiro atoms. The number of aromatic hydroxyl groups is 1. The maximum absolute atomic E-state index is 10.8. The Morgan fingerprint density at radius 3 is 2.24 bits per heavy atom. The average Bonchev–Trinajstić information content (AvgIpc) is 3.36. The molecule has 0 aliphatic carbocycles. The molecule has 0 unspecified atom stereocenters. The SMILES string of the molecule is CC(C)c1cc(-c2ccc3c4ccccc4n(-c4ccccc4O)c3n2)cc(N(c2ccccc2)c2ccccn2)c1. The van der Waals surface area contributed by atoms with Gasteiger partial charge in [-0.25, -0.2) is 9.97 Å². The Balaban J connectivity index is 1.47. The van der Waals surface area contributed by atoms with Crippen LogP contribution in [0.25, 0.3) is 38.9 Å². The van der Waals surface area contributed by atoms with E-state index in [1.165, 1.54) is 5.56 Å². The number of para-hydroxylation sites is 4. The van der Waals surface area contributed by atoms with Gasteiger partial charge in [-0.1, -0.05) is 68.4 Å². The van der Waals surface area contributed by atoms with Crippen LogP contribution < -0.4 is 4.90 Å². The van der Waals surface area contributed by atoms with E-state index >= 15 is 0 Å². The van der Waals surface area contributed by atoms with E-state index in [0.717, 1.165) is 50.4 Å². The molecule has 0 aliphatic heterocycles. The lowest BCUT2D eigenvalue weighted by molar-refractivity contribution is 0.473. The molecular formula is C37H30N4O. The standard InChI is InChI=1S/C37H30N4O/c1-25(2)26-22-27(24-29(23-26)40(28-12-4-3-5-13-28)36-18-10-11-21-38-36)32-20-19-31-30-14-6-7-15-33(30)41(37(31)39-32)34-16-8-9-17-35(34)42/h3-25,42H,1-2H3. The summed E-state index contributed by atoms with van der Waals surface area (Å²) in [5, 5.41) is 13.0. The predicted molar refractivity (Wildman–Crippen MR) is 172 cm³/mol. The molecule has 0 bridgehead atoms. The van der Waals surface area contributed by atoms with Crippen LogP contribution in [-0.2, 0) is 0 Å². The molecule has 3 heterocycles. The summed E-state index contributed by atoms with van der Waals surface area (Å²) in [6, 6.07) is 42.9. The summed E-state index contributed by atoms with van der Waals surface area (Å²) >= 11 is 0. The first-order chi connectivity index (χ1) is 20.6. The van der Waals surface area contributed by atoms with E-state index in [1.54, 1.807) is 6.07 Å². The van der Waals surface area contributed by atoms with Gasteiger partial charge in [0.1, 0.15) is 17.2 Å². The Hall–Kier alpha value is -5.42. The second kappa shape index (κ2) is 10.5. The number of hydrogen-bond acceptors (Lipinski definition) is 4. The summed E-state index contributed by atoms with van der Waals surface area (Å²) in [6.45, 7) is 4.42. The summed E-state index contributed by atoms with van der Waals surface area (Å²) in [5.41, 5.74) is 7.65. The number of benzene rings is 4.